The Morgan fingerprint density at radius 3 is 2.84 bits per heavy atom. The van der Waals surface area contributed by atoms with Crippen molar-refractivity contribution in [1.82, 2.24) is 14.5 Å². The minimum absolute atomic E-state index is 0.157. The number of carbonyl (C=O) groups is 1. The lowest BCUT2D eigenvalue weighted by Gasteiger charge is -2.29. The van der Waals surface area contributed by atoms with E-state index >= 15 is 0 Å². The van der Waals surface area contributed by atoms with Gasteiger partial charge in [0.05, 0.1) is 36.9 Å². The van der Waals surface area contributed by atoms with Crippen LogP contribution in [0.1, 0.15) is 53.3 Å². The molecule has 0 amide bonds. The molecule has 11 heteroatoms. The highest BCUT2D eigenvalue weighted by molar-refractivity contribution is 7.20. The first-order chi connectivity index (χ1) is 20.8. The summed E-state index contributed by atoms with van der Waals surface area (Å²) in [5, 5.41) is 0.318. The second kappa shape index (κ2) is 11.2. The second-order valence-corrected chi connectivity index (χ2v) is 12.5. The van der Waals surface area contributed by atoms with Gasteiger partial charge in [0.25, 0.3) is 5.79 Å². The zero-order valence-electron chi connectivity index (χ0n) is 23.9. The lowest BCUT2D eigenvalue weighted by Crippen LogP contribution is -2.33. The van der Waals surface area contributed by atoms with Gasteiger partial charge in [0.15, 0.2) is 11.5 Å². The van der Waals surface area contributed by atoms with Crippen LogP contribution in [-0.4, -0.2) is 52.8 Å². The van der Waals surface area contributed by atoms with Crippen molar-refractivity contribution in [3.05, 3.63) is 81.2 Å². The summed E-state index contributed by atoms with van der Waals surface area (Å²) >= 11 is 7.34. The highest BCUT2D eigenvalue weighted by Gasteiger charge is 2.42. The number of carbonyl (C=O) groups excluding carboxylic acids is 1. The largest absolute Gasteiger partial charge is 0.462 e. The number of hydrogen-bond donors (Lipinski definition) is 0. The topological polar surface area (TPSA) is 75.0 Å². The molecule has 4 aromatic rings. The van der Waals surface area contributed by atoms with E-state index in [4.69, 9.17) is 35.5 Å². The van der Waals surface area contributed by atoms with Gasteiger partial charge < -0.3 is 23.5 Å². The van der Waals surface area contributed by atoms with Crippen LogP contribution in [0.25, 0.3) is 15.9 Å². The predicted molar refractivity (Wildman–Crippen MR) is 162 cm³/mol. The Kier molecular flexibility index (Phi) is 7.41. The summed E-state index contributed by atoms with van der Waals surface area (Å²) in [5.74, 6) is 0.0778. The van der Waals surface area contributed by atoms with Crippen molar-refractivity contribution in [2.24, 2.45) is 0 Å². The maximum Gasteiger partial charge on any atom is 0.348 e. The Morgan fingerprint density at radius 2 is 2.12 bits per heavy atom. The molecule has 224 valence electrons. The van der Waals surface area contributed by atoms with Gasteiger partial charge in [-0.2, -0.15) is 0 Å². The quantitative estimate of drug-likeness (QED) is 0.200. The van der Waals surface area contributed by atoms with Crippen molar-refractivity contribution in [2.75, 3.05) is 26.3 Å². The molecule has 3 aliphatic heterocycles. The van der Waals surface area contributed by atoms with Gasteiger partial charge in [-0.05, 0) is 55.7 Å². The summed E-state index contributed by atoms with van der Waals surface area (Å²) in [6, 6.07) is 12.2. The molecule has 1 fully saturated rings. The first-order valence-corrected chi connectivity index (χ1v) is 15.7. The standard InChI is InChI=1S/C32H31ClFN3O5S/c1-3-39-31(38)27-16-25-30(43-27)35-28(37(25)17-21-11-14-40-21)18-36-12-9-19(10-13-36)22-5-4-6-26-29(22)42-32(2,41-26)23-8-7-20(33)15-24(23)34/h4-9,15-16,21H,3,10-14,17-18H2,1-2H3/t21-,32+/m0/s1. The van der Waals surface area contributed by atoms with Gasteiger partial charge in [-0.1, -0.05) is 29.8 Å². The second-order valence-electron chi connectivity index (χ2n) is 11.1. The molecule has 0 spiro atoms. The number of esters is 1. The van der Waals surface area contributed by atoms with Crippen LogP contribution in [0.3, 0.4) is 0 Å². The molecule has 3 aliphatic rings. The molecule has 5 heterocycles. The molecular weight excluding hydrogens is 593 g/mol. The molecule has 0 unspecified atom stereocenters. The van der Waals surface area contributed by atoms with E-state index in [2.05, 4.69) is 15.5 Å². The molecular formula is C32H31ClFN3O5S. The van der Waals surface area contributed by atoms with E-state index in [1.165, 1.54) is 17.4 Å². The van der Waals surface area contributed by atoms with Gasteiger partial charge in [-0.3, -0.25) is 4.90 Å². The van der Waals surface area contributed by atoms with Crippen LogP contribution < -0.4 is 9.47 Å². The fraction of sp³-hybridized carbons (Fsp3) is 0.375. The average molecular weight is 624 g/mol. The number of nitrogens with zero attached hydrogens (tertiary/aromatic N) is 3. The molecule has 0 saturated carbocycles. The molecule has 0 radical (unpaired) electrons. The van der Waals surface area contributed by atoms with Crippen molar-refractivity contribution in [1.29, 1.82) is 0 Å². The minimum atomic E-state index is -1.30. The monoisotopic (exact) mass is 623 g/mol. The summed E-state index contributed by atoms with van der Waals surface area (Å²) in [6.07, 6.45) is 4.19. The van der Waals surface area contributed by atoms with E-state index in [9.17, 15) is 9.18 Å². The molecule has 2 atom stereocenters. The molecule has 2 aromatic carbocycles. The normalized spacial score (nSPS) is 21.6. The molecule has 43 heavy (non-hydrogen) atoms. The number of imidazole rings is 1. The molecule has 0 bridgehead atoms. The van der Waals surface area contributed by atoms with E-state index in [-0.39, 0.29) is 12.1 Å². The van der Waals surface area contributed by atoms with Crippen LogP contribution in [0.5, 0.6) is 11.5 Å². The lowest BCUT2D eigenvalue weighted by atomic mass is 9.98. The minimum Gasteiger partial charge on any atom is -0.462 e. The van der Waals surface area contributed by atoms with Crippen LogP contribution in [0, 0.1) is 5.82 Å². The number of hydrogen-bond acceptors (Lipinski definition) is 8. The first-order valence-electron chi connectivity index (χ1n) is 14.5. The number of rotatable bonds is 8. The van der Waals surface area contributed by atoms with Crippen LogP contribution in [0.2, 0.25) is 5.02 Å². The van der Waals surface area contributed by atoms with Crippen molar-refractivity contribution in [2.45, 2.75) is 51.7 Å². The van der Waals surface area contributed by atoms with Crippen molar-refractivity contribution in [3.63, 3.8) is 0 Å². The van der Waals surface area contributed by atoms with Gasteiger partial charge in [-0.25, -0.2) is 14.2 Å². The number of ether oxygens (including phenoxy) is 4. The summed E-state index contributed by atoms with van der Waals surface area (Å²) in [6.45, 7) is 7.59. The maximum absolute atomic E-state index is 14.8. The third-order valence-electron chi connectivity index (χ3n) is 8.19. The first kappa shape index (κ1) is 28.3. The molecule has 1 saturated heterocycles. The number of halogens is 2. The Morgan fingerprint density at radius 1 is 1.26 bits per heavy atom. The van der Waals surface area contributed by atoms with Crippen LogP contribution in [0.15, 0.2) is 48.5 Å². The summed E-state index contributed by atoms with van der Waals surface area (Å²) in [5.41, 5.74) is 3.35. The van der Waals surface area contributed by atoms with Crippen LogP contribution >= 0.6 is 22.9 Å². The third kappa shape index (κ3) is 5.31. The Balaban J connectivity index is 1.10. The molecule has 7 rings (SSSR count). The zero-order chi connectivity index (χ0) is 29.7. The third-order valence-corrected chi connectivity index (χ3v) is 9.42. The summed E-state index contributed by atoms with van der Waals surface area (Å²) < 4.78 is 40.4. The number of aromatic nitrogens is 2. The number of benzene rings is 2. The molecule has 8 nitrogen and oxygen atoms in total. The van der Waals surface area contributed by atoms with Gasteiger partial charge in [0.2, 0.25) is 0 Å². The van der Waals surface area contributed by atoms with E-state index < -0.39 is 11.6 Å². The number of para-hydroxylation sites is 1. The number of thiophene rings is 1. The Hall–Kier alpha value is -3.44. The summed E-state index contributed by atoms with van der Waals surface area (Å²) in [4.78, 5) is 21.0. The van der Waals surface area contributed by atoms with Crippen molar-refractivity contribution in [3.8, 4) is 11.5 Å². The van der Waals surface area contributed by atoms with E-state index in [1.807, 2.05) is 24.3 Å². The highest BCUT2D eigenvalue weighted by Crippen LogP contribution is 2.49. The molecule has 2 aromatic heterocycles. The Labute approximate surface area is 257 Å². The summed E-state index contributed by atoms with van der Waals surface area (Å²) in [7, 11) is 0. The maximum atomic E-state index is 14.8. The lowest BCUT2D eigenvalue weighted by molar-refractivity contribution is -0.0708. The van der Waals surface area contributed by atoms with E-state index in [0.717, 1.165) is 59.8 Å². The van der Waals surface area contributed by atoms with Gasteiger partial charge in [0.1, 0.15) is 21.3 Å². The fourth-order valence-corrected chi connectivity index (χ4v) is 6.97. The van der Waals surface area contributed by atoms with Crippen LogP contribution in [-0.2, 0) is 28.4 Å². The zero-order valence-corrected chi connectivity index (χ0v) is 25.5. The molecule has 0 N–H and O–H groups in total. The number of fused-ring (bicyclic) bond motifs is 2. The van der Waals surface area contributed by atoms with E-state index in [1.54, 1.807) is 26.0 Å². The van der Waals surface area contributed by atoms with Crippen LogP contribution in [0.4, 0.5) is 4.39 Å². The van der Waals surface area contributed by atoms with E-state index in [0.29, 0.717) is 46.7 Å². The predicted octanol–water partition coefficient (Wildman–Crippen LogP) is 6.79. The van der Waals surface area contributed by atoms with Crippen molar-refractivity contribution < 1.29 is 28.1 Å². The van der Waals surface area contributed by atoms with Crippen molar-refractivity contribution >= 4 is 44.8 Å². The highest BCUT2D eigenvalue weighted by atomic mass is 35.5. The fourth-order valence-electron chi connectivity index (χ4n) is 5.87. The Bertz CT molecular complexity index is 1750. The average Bonchev–Trinajstić information content (AvgIpc) is 3.62. The SMILES string of the molecule is CCOC(=O)c1cc2c(nc(CN3CC=C(c4cccc5c4O[C@](C)(c4ccc(Cl)cc4F)O5)CC3)n2C[C@@H]2CCO2)s1. The van der Waals surface area contributed by atoms with Gasteiger partial charge >= 0.3 is 5.97 Å². The van der Waals surface area contributed by atoms with Gasteiger partial charge in [-0.15, -0.1) is 11.3 Å². The smallest absolute Gasteiger partial charge is 0.348 e. The van der Waals surface area contributed by atoms with Gasteiger partial charge in [0, 0.05) is 37.2 Å². The molecule has 0 aliphatic carbocycles.